The van der Waals surface area contributed by atoms with Gasteiger partial charge in [-0.05, 0) is 18.6 Å². The molecule has 0 fully saturated rings. The number of rotatable bonds is 2. The summed E-state index contributed by atoms with van der Waals surface area (Å²) >= 11 is 0. The zero-order valence-electron chi connectivity index (χ0n) is 12.7. The van der Waals surface area contributed by atoms with Gasteiger partial charge in [0.05, 0.1) is 0 Å². The summed E-state index contributed by atoms with van der Waals surface area (Å²) < 4.78 is 31.9. The van der Waals surface area contributed by atoms with Crippen molar-refractivity contribution in [2.45, 2.75) is 38.0 Å². The number of sulfonamides is 1. The van der Waals surface area contributed by atoms with Crippen LogP contribution in [0.3, 0.4) is 0 Å². The van der Waals surface area contributed by atoms with Crippen LogP contribution < -0.4 is 0 Å². The molecule has 20 heavy (non-hydrogen) atoms. The van der Waals surface area contributed by atoms with E-state index in [2.05, 4.69) is 4.98 Å². The molecule has 0 bridgehead atoms. The van der Waals surface area contributed by atoms with Crippen molar-refractivity contribution in [3.63, 3.8) is 0 Å². The van der Waals surface area contributed by atoms with E-state index < -0.39 is 10.0 Å². The quantitative estimate of drug-likeness (QED) is 0.854. The third-order valence-corrected chi connectivity index (χ3v) is 5.07. The predicted octanol–water partition coefficient (Wildman–Crippen LogP) is 2.68. The Bertz CT molecular complexity index is 753. The topological polar surface area (TPSA) is 63.4 Å². The van der Waals surface area contributed by atoms with Crippen LogP contribution in [0.15, 0.2) is 21.4 Å². The molecule has 0 saturated carbocycles. The van der Waals surface area contributed by atoms with Crippen LogP contribution in [0.4, 0.5) is 0 Å². The van der Waals surface area contributed by atoms with Gasteiger partial charge in [-0.15, -0.1) is 0 Å². The van der Waals surface area contributed by atoms with Crippen LogP contribution in [-0.2, 0) is 15.4 Å². The maximum atomic E-state index is 12.5. The fourth-order valence-corrected chi connectivity index (χ4v) is 3.11. The lowest BCUT2D eigenvalue weighted by Gasteiger charge is -2.14. The van der Waals surface area contributed by atoms with Gasteiger partial charge in [-0.3, -0.25) is 0 Å². The summed E-state index contributed by atoms with van der Waals surface area (Å²) in [6.07, 6.45) is 0. The van der Waals surface area contributed by atoms with Gasteiger partial charge < -0.3 is 4.42 Å². The highest BCUT2D eigenvalue weighted by molar-refractivity contribution is 7.89. The molecular formula is C14H20N2O3S. The number of oxazole rings is 1. The summed E-state index contributed by atoms with van der Waals surface area (Å²) in [6, 6.07) is 3.55. The highest BCUT2D eigenvalue weighted by atomic mass is 32.2. The van der Waals surface area contributed by atoms with E-state index in [0.29, 0.717) is 22.6 Å². The zero-order valence-corrected chi connectivity index (χ0v) is 13.5. The van der Waals surface area contributed by atoms with Crippen LogP contribution in [0.5, 0.6) is 0 Å². The molecule has 0 aliphatic carbocycles. The summed E-state index contributed by atoms with van der Waals surface area (Å²) in [6.45, 7) is 7.69. The van der Waals surface area contributed by atoms with Crippen molar-refractivity contribution in [3.05, 3.63) is 23.6 Å². The molecule has 6 heteroatoms. The molecule has 0 radical (unpaired) electrons. The average Bonchev–Trinajstić information content (AvgIpc) is 2.71. The maximum absolute atomic E-state index is 12.5. The molecule has 0 amide bonds. The largest absolute Gasteiger partial charge is 0.439 e. The van der Waals surface area contributed by atoms with Crippen LogP contribution >= 0.6 is 0 Å². The first-order valence-corrected chi connectivity index (χ1v) is 7.82. The zero-order chi connectivity index (χ0) is 15.3. The van der Waals surface area contributed by atoms with Crippen LogP contribution in [-0.4, -0.2) is 31.8 Å². The molecule has 0 atom stereocenters. The number of aryl methyl sites for hydroxylation is 1. The van der Waals surface area contributed by atoms with Gasteiger partial charge in [0.1, 0.15) is 10.4 Å². The third kappa shape index (κ3) is 2.33. The normalized spacial score (nSPS) is 13.3. The fourth-order valence-electron chi connectivity index (χ4n) is 1.89. The number of benzene rings is 1. The minimum atomic E-state index is -3.57. The molecule has 1 aromatic heterocycles. The van der Waals surface area contributed by atoms with Gasteiger partial charge in [-0.25, -0.2) is 17.7 Å². The second-order valence-corrected chi connectivity index (χ2v) is 8.20. The van der Waals surface area contributed by atoms with E-state index in [-0.39, 0.29) is 10.3 Å². The Kier molecular flexibility index (Phi) is 3.42. The first kappa shape index (κ1) is 15.0. The Morgan fingerprint density at radius 2 is 1.80 bits per heavy atom. The van der Waals surface area contributed by atoms with Gasteiger partial charge in [0.15, 0.2) is 5.58 Å². The highest BCUT2D eigenvalue weighted by Crippen LogP contribution is 2.32. The number of nitrogens with zero attached hydrogens (tertiary/aromatic N) is 2. The lowest BCUT2D eigenvalue weighted by atomic mass is 9.97. The average molecular weight is 296 g/mol. The number of fused-ring (bicyclic) bond motifs is 1. The second-order valence-electron chi connectivity index (χ2n) is 6.12. The van der Waals surface area contributed by atoms with E-state index in [4.69, 9.17) is 4.42 Å². The smallest absolute Gasteiger partial charge is 0.246 e. The molecule has 110 valence electrons. The van der Waals surface area contributed by atoms with Crippen molar-refractivity contribution in [2.75, 3.05) is 14.1 Å². The summed E-state index contributed by atoms with van der Waals surface area (Å²) in [5, 5.41) is 0. The molecule has 1 heterocycles. The van der Waals surface area contributed by atoms with E-state index in [1.165, 1.54) is 18.4 Å². The monoisotopic (exact) mass is 296 g/mol. The first-order chi connectivity index (χ1) is 9.05. The number of aromatic nitrogens is 1. The third-order valence-electron chi connectivity index (χ3n) is 3.09. The van der Waals surface area contributed by atoms with E-state index in [1.54, 1.807) is 19.1 Å². The van der Waals surface area contributed by atoms with Crippen molar-refractivity contribution >= 4 is 21.1 Å². The van der Waals surface area contributed by atoms with Gasteiger partial charge in [-0.2, -0.15) is 0 Å². The van der Waals surface area contributed by atoms with Crippen molar-refractivity contribution in [2.24, 2.45) is 0 Å². The molecule has 0 aliphatic rings. The Balaban J connectivity index is 2.84. The van der Waals surface area contributed by atoms with E-state index in [1.807, 2.05) is 20.8 Å². The molecular weight excluding hydrogens is 276 g/mol. The molecule has 2 rings (SSSR count). The van der Waals surface area contributed by atoms with Crippen LogP contribution in [0.2, 0.25) is 0 Å². The van der Waals surface area contributed by atoms with Crippen molar-refractivity contribution in [1.29, 1.82) is 0 Å². The van der Waals surface area contributed by atoms with Crippen molar-refractivity contribution < 1.29 is 12.8 Å². The standard InChI is InChI=1S/C14H20N2O3S/c1-9-7-8-10-11(12(9)20(17,18)16(5)6)19-13(15-10)14(2,3)4/h7-8H,1-6H3. The Hall–Kier alpha value is -1.40. The van der Waals surface area contributed by atoms with Gasteiger partial charge in [0.25, 0.3) is 0 Å². The Labute approximate surface area is 119 Å². The van der Waals surface area contributed by atoms with E-state index in [0.717, 1.165) is 0 Å². The highest BCUT2D eigenvalue weighted by Gasteiger charge is 2.28. The molecule has 0 unspecified atom stereocenters. The van der Waals surface area contributed by atoms with Crippen molar-refractivity contribution in [1.82, 2.24) is 9.29 Å². The van der Waals surface area contributed by atoms with Gasteiger partial charge >= 0.3 is 0 Å². The van der Waals surface area contributed by atoms with Crippen LogP contribution in [0.1, 0.15) is 32.2 Å². The van der Waals surface area contributed by atoms with Crippen LogP contribution in [0.25, 0.3) is 11.1 Å². The minimum Gasteiger partial charge on any atom is -0.439 e. The van der Waals surface area contributed by atoms with E-state index in [9.17, 15) is 8.42 Å². The Morgan fingerprint density at radius 1 is 1.20 bits per heavy atom. The molecule has 5 nitrogen and oxygen atoms in total. The minimum absolute atomic E-state index is 0.197. The lowest BCUT2D eigenvalue weighted by Crippen LogP contribution is -2.23. The second kappa shape index (κ2) is 4.56. The molecule has 0 spiro atoms. The maximum Gasteiger partial charge on any atom is 0.246 e. The van der Waals surface area contributed by atoms with Gasteiger partial charge in [-0.1, -0.05) is 26.8 Å². The number of hydrogen-bond acceptors (Lipinski definition) is 4. The Morgan fingerprint density at radius 3 is 2.30 bits per heavy atom. The summed E-state index contributed by atoms with van der Waals surface area (Å²) in [7, 11) is -0.550. The van der Waals surface area contributed by atoms with Gasteiger partial charge in [0.2, 0.25) is 15.9 Å². The van der Waals surface area contributed by atoms with Crippen molar-refractivity contribution in [3.8, 4) is 0 Å². The molecule has 0 aliphatic heterocycles. The van der Waals surface area contributed by atoms with Crippen LogP contribution in [0, 0.1) is 6.92 Å². The number of hydrogen-bond donors (Lipinski definition) is 0. The van der Waals surface area contributed by atoms with E-state index >= 15 is 0 Å². The van der Waals surface area contributed by atoms with Gasteiger partial charge in [0, 0.05) is 19.5 Å². The fraction of sp³-hybridized carbons (Fsp3) is 0.500. The lowest BCUT2D eigenvalue weighted by molar-refractivity contribution is 0.407. The molecule has 0 N–H and O–H groups in total. The predicted molar refractivity (Wildman–Crippen MR) is 78.3 cm³/mol. The molecule has 2 aromatic rings. The molecule has 1 aromatic carbocycles. The molecule has 0 saturated heterocycles. The SMILES string of the molecule is Cc1ccc2nc(C(C)(C)C)oc2c1S(=O)(=O)N(C)C. The summed E-state index contributed by atoms with van der Waals surface area (Å²) in [5.74, 6) is 0.535. The summed E-state index contributed by atoms with van der Waals surface area (Å²) in [4.78, 5) is 4.61. The summed E-state index contributed by atoms with van der Waals surface area (Å²) in [5.41, 5.74) is 1.29. The first-order valence-electron chi connectivity index (χ1n) is 6.38.